The van der Waals surface area contributed by atoms with Crippen molar-refractivity contribution in [2.45, 2.75) is 26.3 Å². The molecule has 0 aliphatic carbocycles. The van der Waals surface area contributed by atoms with E-state index in [2.05, 4.69) is 10.1 Å². The van der Waals surface area contributed by atoms with E-state index in [9.17, 15) is 9.59 Å². The number of amides is 1. The first-order chi connectivity index (χ1) is 8.93. The molecule has 0 aliphatic rings. The quantitative estimate of drug-likeness (QED) is 0.817. The van der Waals surface area contributed by atoms with Crippen molar-refractivity contribution in [3.05, 3.63) is 29.8 Å². The first-order valence-corrected chi connectivity index (χ1v) is 6.19. The maximum Gasteiger partial charge on any atom is 0.337 e. The summed E-state index contributed by atoms with van der Waals surface area (Å²) in [5.74, 6) is -0.347. The largest absolute Gasteiger partial charge is 0.465 e. The van der Waals surface area contributed by atoms with Crippen molar-refractivity contribution in [3.8, 4) is 0 Å². The first kappa shape index (κ1) is 18.4. The van der Waals surface area contributed by atoms with Crippen LogP contribution in [-0.4, -0.2) is 25.0 Å². The number of esters is 1. The van der Waals surface area contributed by atoms with Crippen molar-refractivity contribution in [2.24, 2.45) is 11.7 Å². The van der Waals surface area contributed by atoms with E-state index in [1.165, 1.54) is 7.11 Å². The molecule has 0 aromatic heterocycles. The summed E-state index contributed by atoms with van der Waals surface area (Å²) in [6.45, 7) is 4.01. The normalized spacial score (nSPS) is 11.4. The lowest BCUT2D eigenvalue weighted by Crippen LogP contribution is -2.36. The monoisotopic (exact) mass is 300 g/mol. The highest BCUT2D eigenvalue weighted by molar-refractivity contribution is 5.96. The molecule has 1 aromatic rings. The van der Waals surface area contributed by atoms with E-state index >= 15 is 0 Å². The van der Waals surface area contributed by atoms with E-state index in [1.54, 1.807) is 24.3 Å². The molecule has 0 heterocycles. The van der Waals surface area contributed by atoms with Gasteiger partial charge in [0.15, 0.2) is 0 Å². The molecule has 112 valence electrons. The van der Waals surface area contributed by atoms with Crippen LogP contribution in [0.2, 0.25) is 0 Å². The summed E-state index contributed by atoms with van der Waals surface area (Å²) >= 11 is 0. The van der Waals surface area contributed by atoms with Gasteiger partial charge in [-0.05, 0) is 30.5 Å². The summed E-state index contributed by atoms with van der Waals surface area (Å²) in [4.78, 5) is 23.2. The van der Waals surface area contributed by atoms with Gasteiger partial charge in [0.05, 0.1) is 18.7 Å². The predicted octanol–water partition coefficient (Wildman–Crippen LogP) is 2.21. The standard InChI is InChI=1S/C14H20N2O3.ClH/c1-9(2)7-12(15)13(17)16-11-6-4-5-10(8-11)14(18)19-3;/h4-6,8-9,12H,7,15H2,1-3H3,(H,16,17);1H/t12-;/m0./s1. The van der Waals surface area contributed by atoms with Crippen molar-refractivity contribution < 1.29 is 14.3 Å². The van der Waals surface area contributed by atoms with Crippen molar-refractivity contribution in [1.29, 1.82) is 0 Å². The van der Waals surface area contributed by atoms with Crippen LogP contribution in [0.4, 0.5) is 5.69 Å². The van der Waals surface area contributed by atoms with Crippen molar-refractivity contribution in [2.75, 3.05) is 12.4 Å². The Balaban J connectivity index is 0.00000361. The minimum absolute atomic E-state index is 0. The number of carbonyl (C=O) groups excluding carboxylic acids is 2. The van der Waals surface area contributed by atoms with E-state index in [0.29, 0.717) is 23.6 Å². The summed E-state index contributed by atoms with van der Waals surface area (Å²) < 4.78 is 4.62. The zero-order valence-corrected chi connectivity index (χ0v) is 12.7. The van der Waals surface area contributed by atoms with Gasteiger partial charge in [-0.1, -0.05) is 19.9 Å². The molecule has 1 amide bonds. The molecule has 1 aromatic carbocycles. The van der Waals surface area contributed by atoms with Crippen molar-refractivity contribution >= 4 is 30.0 Å². The highest BCUT2D eigenvalue weighted by Gasteiger charge is 2.15. The molecule has 0 spiro atoms. The summed E-state index contributed by atoms with van der Waals surface area (Å²) in [7, 11) is 1.31. The van der Waals surface area contributed by atoms with Gasteiger partial charge in [-0.15, -0.1) is 12.4 Å². The zero-order chi connectivity index (χ0) is 14.4. The number of hydrogen-bond acceptors (Lipinski definition) is 4. The predicted molar refractivity (Wildman–Crippen MR) is 81.1 cm³/mol. The number of nitrogens with two attached hydrogens (primary N) is 1. The molecule has 0 saturated heterocycles. The maximum atomic E-state index is 11.8. The van der Waals surface area contributed by atoms with E-state index < -0.39 is 12.0 Å². The highest BCUT2D eigenvalue weighted by Crippen LogP contribution is 2.13. The smallest absolute Gasteiger partial charge is 0.337 e. The van der Waals surface area contributed by atoms with Crippen LogP contribution in [-0.2, 0) is 9.53 Å². The Labute approximate surface area is 125 Å². The van der Waals surface area contributed by atoms with Crippen molar-refractivity contribution in [1.82, 2.24) is 0 Å². The average Bonchev–Trinajstić information content (AvgIpc) is 2.37. The van der Waals surface area contributed by atoms with Crippen LogP contribution in [0.25, 0.3) is 0 Å². The first-order valence-electron chi connectivity index (χ1n) is 6.19. The van der Waals surface area contributed by atoms with Crippen LogP contribution in [0.1, 0.15) is 30.6 Å². The van der Waals surface area contributed by atoms with Crippen LogP contribution < -0.4 is 11.1 Å². The molecule has 5 nitrogen and oxygen atoms in total. The molecule has 3 N–H and O–H groups in total. The van der Waals surface area contributed by atoms with Gasteiger partial charge < -0.3 is 15.8 Å². The fourth-order valence-corrected chi connectivity index (χ4v) is 1.69. The van der Waals surface area contributed by atoms with Crippen LogP contribution in [0.15, 0.2) is 24.3 Å². The van der Waals surface area contributed by atoms with Gasteiger partial charge in [0.25, 0.3) is 0 Å². The Morgan fingerprint density at radius 3 is 2.55 bits per heavy atom. The zero-order valence-electron chi connectivity index (χ0n) is 11.9. The van der Waals surface area contributed by atoms with Gasteiger partial charge in [-0.25, -0.2) is 4.79 Å². The number of methoxy groups -OCH3 is 1. The average molecular weight is 301 g/mol. The van der Waals surface area contributed by atoms with Crippen LogP contribution >= 0.6 is 12.4 Å². The van der Waals surface area contributed by atoms with Gasteiger partial charge in [0.2, 0.25) is 5.91 Å². The number of rotatable bonds is 5. The Kier molecular flexibility index (Phi) is 7.87. The molecule has 6 heteroatoms. The van der Waals surface area contributed by atoms with Gasteiger partial charge in [0.1, 0.15) is 0 Å². The second-order valence-electron chi connectivity index (χ2n) is 4.80. The molecular formula is C14H21ClN2O3. The molecule has 0 radical (unpaired) electrons. The summed E-state index contributed by atoms with van der Waals surface area (Å²) in [6.07, 6.45) is 0.614. The molecule has 0 aliphatic heterocycles. The van der Waals surface area contributed by atoms with Gasteiger partial charge in [-0.3, -0.25) is 4.79 Å². The molecule has 0 fully saturated rings. The Morgan fingerprint density at radius 2 is 2.00 bits per heavy atom. The van der Waals surface area contributed by atoms with E-state index in [0.717, 1.165) is 0 Å². The minimum Gasteiger partial charge on any atom is -0.465 e. The molecular weight excluding hydrogens is 280 g/mol. The number of nitrogens with one attached hydrogen (secondary N) is 1. The second kappa shape index (κ2) is 8.55. The number of ether oxygens (including phenoxy) is 1. The molecule has 0 unspecified atom stereocenters. The van der Waals surface area contributed by atoms with E-state index in [1.807, 2.05) is 13.8 Å². The fourth-order valence-electron chi connectivity index (χ4n) is 1.69. The minimum atomic E-state index is -0.554. The highest BCUT2D eigenvalue weighted by atomic mass is 35.5. The topological polar surface area (TPSA) is 81.4 Å². The molecule has 0 bridgehead atoms. The summed E-state index contributed by atoms with van der Waals surface area (Å²) in [5.41, 5.74) is 6.71. The van der Waals surface area contributed by atoms with Crippen LogP contribution in [0.5, 0.6) is 0 Å². The lowest BCUT2D eigenvalue weighted by molar-refractivity contribution is -0.117. The van der Waals surface area contributed by atoms with Gasteiger partial charge >= 0.3 is 5.97 Å². The Morgan fingerprint density at radius 1 is 1.35 bits per heavy atom. The van der Waals surface area contributed by atoms with E-state index in [-0.39, 0.29) is 18.3 Å². The van der Waals surface area contributed by atoms with Crippen LogP contribution in [0, 0.1) is 5.92 Å². The lowest BCUT2D eigenvalue weighted by atomic mass is 10.0. The summed E-state index contributed by atoms with van der Waals surface area (Å²) in [6, 6.07) is 6.01. The fraction of sp³-hybridized carbons (Fsp3) is 0.429. The third kappa shape index (κ3) is 5.59. The maximum absolute atomic E-state index is 11.8. The van der Waals surface area contributed by atoms with Crippen molar-refractivity contribution in [3.63, 3.8) is 0 Å². The number of halogens is 1. The van der Waals surface area contributed by atoms with Crippen LogP contribution in [0.3, 0.4) is 0 Å². The molecule has 0 saturated carbocycles. The second-order valence-corrected chi connectivity index (χ2v) is 4.80. The lowest BCUT2D eigenvalue weighted by Gasteiger charge is -2.14. The van der Waals surface area contributed by atoms with Gasteiger partial charge in [0, 0.05) is 5.69 Å². The Hall–Kier alpha value is -1.59. The van der Waals surface area contributed by atoms with E-state index in [4.69, 9.17) is 5.73 Å². The molecule has 1 atom stereocenters. The number of anilines is 1. The third-order valence-electron chi connectivity index (χ3n) is 2.61. The summed E-state index contributed by atoms with van der Waals surface area (Å²) in [5, 5.41) is 2.69. The number of carbonyl (C=O) groups is 2. The number of hydrogen-bond donors (Lipinski definition) is 2. The number of benzene rings is 1. The Bertz CT molecular complexity index is 463. The van der Waals surface area contributed by atoms with Gasteiger partial charge in [-0.2, -0.15) is 0 Å². The third-order valence-corrected chi connectivity index (χ3v) is 2.61. The molecule has 20 heavy (non-hydrogen) atoms. The molecule has 1 rings (SSSR count). The SMILES string of the molecule is COC(=O)c1cccc(NC(=O)[C@@H](N)CC(C)C)c1.Cl.